The van der Waals surface area contributed by atoms with Crippen molar-refractivity contribution in [3.63, 3.8) is 0 Å². The van der Waals surface area contributed by atoms with Gasteiger partial charge in [0.2, 0.25) is 5.75 Å². The number of methoxy groups -OCH3 is 3. The number of rotatable bonds is 7. The van der Waals surface area contributed by atoms with E-state index < -0.39 is 9.84 Å². The first kappa shape index (κ1) is 21.4. The number of aromatic nitrogens is 1. The lowest BCUT2D eigenvalue weighted by molar-refractivity contribution is 0.196. The second-order valence-electron chi connectivity index (χ2n) is 7.27. The molecule has 1 aromatic carbocycles. The zero-order valence-electron chi connectivity index (χ0n) is 17.3. The van der Waals surface area contributed by atoms with Gasteiger partial charge in [0.05, 0.1) is 31.9 Å². The Labute approximate surface area is 172 Å². The van der Waals surface area contributed by atoms with Crippen molar-refractivity contribution in [3.05, 3.63) is 41.7 Å². The van der Waals surface area contributed by atoms with Gasteiger partial charge in [-0.15, -0.1) is 0 Å². The van der Waals surface area contributed by atoms with Gasteiger partial charge in [0.25, 0.3) is 0 Å². The molecule has 0 amide bonds. The summed E-state index contributed by atoms with van der Waals surface area (Å²) in [4.78, 5) is 7.07. The van der Waals surface area contributed by atoms with Crippen molar-refractivity contribution in [1.82, 2.24) is 9.88 Å². The Bertz CT molecular complexity index is 936. The van der Waals surface area contributed by atoms with Crippen molar-refractivity contribution in [2.24, 2.45) is 0 Å². The highest BCUT2D eigenvalue weighted by Crippen LogP contribution is 2.39. The maximum atomic E-state index is 12.2. The van der Waals surface area contributed by atoms with Gasteiger partial charge < -0.3 is 14.2 Å². The fraction of sp³-hybridized carbons (Fsp3) is 0.476. The number of nitrogens with zero attached hydrogens (tertiary/aromatic N) is 2. The molecule has 2 heterocycles. The van der Waals surface area contributed by atoms with Crippen LogP contribution in [0.4, 0.5) is 0 Å². The molecule has 0 N–H and O–H groups in total. The molecule has 1 unspecified atom stereocenters. The predicted octanol–water partition coefficient (Wildman–Crippen LogP) is 2.89. The van der Waals surface area contributed by atoms with E-state index in [1.807, 2.05) is 12.1 Å². The molecule has 8 heteroatoms. The molecule has 0 radical (unpaired) electrons. The van der Waals surface area contributed by atoms with Gasteiger partial charge in [-0.3, -0.25) is 9.88 Å². The van der Waals surface area contributed by atoms with E-state index in [2.05, 4.69) is 9.88 Å². The van der Waals surface area contributed by atoms with Crippen LogP contribution in [0.25, 0.3) is 0 Å². The summed E-state index contributed by atoms with van der Waals surface area (Å²) in [7, 11) is 1.48. The average Bonchev–Trinajstić information content (AvgIpc) is 2.72. The third-order valence-corrected chi connectivity index (χ3v) is 6.37. The Balaban J connectivity index is 1.83. The van der Waals surface area contributed by atoms with Gasteiger partial charge in [-0.25, -0.2) is 8.42 Å². The highest BCUT2D eigenvalue weighted by Gasteiger charge is 2.27. The Morgan fingerprint density at radius 1 is 1.14 bits per heavy atom. The van der Waals surface area contributed by atoms with E-state index in [-0.39, 0.29) is 5.92 Å². The van der Waals surface area contributed by atoms with Crippen LogP contribution in [0.2, 0.25) is 0 Å². The molecule has 29 heavy (non-hydrogen) atoms. The lowest BCUT2D eigenvalue weighted by atomic mass is 9.94. The van der Waals surface area contributed by atoms with Gasteiger partial charge in [-0.1, -0.05) is 0 Å². The van der Waals surface area contributed by atoms with Crippen LogP contribution in [0.1, 0.15) is 30.0 Å². The van der Waals surface area contributed by atoms with Gasteiger partial charge in [-0.2, -0.15) is 0 Å². The first-order valence-corrected chi connectivity index (χ1v) is 11.4. The molecule has 1 aliphatic heterocycles. The topological polar surface area (TPSA) is 78.0 Å². The zero-order chi connectivity index (χ0) is 21.0. The molecular formula is C21H28N2O5S. The van der Waals surface area contributed by atoms with Crippen molar-refractivity contribution in [1.29, 1.82) is 0 Å². The molecule has 7 nitrogen and oxygen atoms in total. The van der Waals surface area contributed by atoms with Gasteiger partial charge in [-0.05, 0) is 49.2 Å². The maximum Gasteiger partial charge on any atom is 0.203 e. The summed E-state index contributed by atoms with van der Waals surface area (Å²) in [5.41, 5.74) is 1.72. The summed E-state index contributed by atoms with van der Waals surface area (Å²) in [6.07, 6.45) is 4.81. The Hall–Kier alpha value is -2.32. The summed E-state index contributed by atoms with van der Waals surface area (Å²) in [5.74, 6) is 1.90. The molecule has 0 spiro atoms. The van der Waals surface area contributed by atoms with Crippen LogP contribution in [-0.4, -0.2) is 59.0 Å². The molecule has 1 saturated heterocycles. The smallest absolute Gasteiger partial charge is 0.203 e. The fourth-order valence-electron chi connectivity index (χ4n) is 3.93. The van der Waals surface area contributed by atoms with Crippen molar-refractivity contribution in [3.8, 4) is 17.2 Å². The molecule has 1 fully saturated rings. The zero-order valence-corrected chi connectivity index (χ0v) is 18.2. The summed E-state index contributed by atoms with van der Waals surface area (Å²) in [6.45, 7) is 2.39. The summed E-state index contributed by atoms with van der Waals surface area (Å²) in [5, 5.41) is 0. The standard InChI is InChI=1S/C21H28N2O5S/c1-26-17-11-15(12-18(27-2)21(17)28-3)13-23-10-6-7-16(14-23)20-19(29(4,24)25)8-5-9-22-20/h5,8-9,11-12,16H,6-7,10,13-14H2,1-4H3. The van der Waals surface area contributed by atoms with Crippen molar-refractivity contribution >= 4 is 9.84 Å². The van der Waals surface area contributed by atoms with Crippen molar-refractivity contribution < 1.29 is 22.6 Å². The predicted molar refractivity (Wildman–Crippen MR) is 111 cm³/mol. The highest BCUT2D eigenvalue weighted by atomic mass is 32.2. The molecule has 0 aliphatic carbocycles. The molecule has 1 atom stereocenters. The second kappa shape index (κ2) is 9.00. The Morgan fingerprint density at radius 3 is 2.41 bits per heavy atom. The van der Waals surface area contributed by atoms with Gasteiger partial charge in [0.1, 0.15) is 0 Å². The van der Waals surface area contributed by atoms with Crippen LogP contribution < -0.4 is 14.2 Å². The van der Waals surface area contributed by atoms with Crippen LogP contribution in [0.5, 0.6) is 17.2 Å². The first-order chi connectivity index (χ1) is 13.9. The van der Waals surface area contributed by atoms with E-state index in [0.717, 1.165) is 31.5 Å². The minimum Gasteiger partial charge on any atom is -0.493 e. The third kappa shape index (κ3) is 4.82. The quantitative estimate of drug-likeness (QED) is 0.681. The normalized spacial score (nSPS) is 17.7. The number of ether oxygens (including phenoxy) is 3. The fourth-order valence-corrected chi connectivity index (χ4v) is 4.86. The molecular weight excluding hydrogens is 392 g/mol. The summed E-state index contributed by atoms with van der Waals surface area (Å²) < 4.78 is 40.7. The minimum absolute atomic E-state index is 0.0803. The maximum absolute atomic E-state index is 12.2. The van der Waals surface area contributed by atoms with E-state index in [0.29, 0.717) is 34.4 Å². The van der Waals surface area contributed by atoms with E-state index >= 15 is 0 Å². The molecule has 158 valence electrons. The second-order valence-corrected chi connectivity index (χ2v) is 9.25. The average molecular weight is 421 g/mol. The van der Waals surface area contributed by atoms with Crippen LogP contribution in [0, 0.1) is 0 Å². The van der Waals surface area contributed by atoms with Crippen LogP contribution >= 0.6 is 0 Å². The third-order valence-electron chi connectivity index (χ3n) is 5.22. The lowest BCUT2D eigenvalue weighted by Crippen LogP contribution is -2.34. The number of hydrogen-bond acceptors (Lipinski definition) is 7. The molecule has 0 bridgehead atoms. The molecule has 2 aromatic rings. The number of piperidine rings is 1. The van der Waals surface area contributed by atoms with Crippen LogP contribution in [-0.2, 0) is 16.4 Å². The Morgan fingerprint density at radius 2 is 1.83 bits per heavy atom. The molecule has 1 aromatic heterocycles. The summed E-state index contributed by atoms with van der Waals surface area (Å²) in [6, 6.07) is 7.23. The van der Waals surface area contributed by atoms with Crippen molar-refractivity contribution in [2.75, 3.05) is 40.7 Å². The highest BCUT2D eigenvalue weighted by molar-refractivity contribution is 7.90. The monoisotopic (exact) mass is 420 g/mol. The number of sulfone groups is 1. The minimum atomic E-state index is -3.31. The lowest BCUT2D eigenvalue weighted by Gasteiger charge is -2.33. The number of likely N-dealkylation sites (tertiary alicyclic amines) is 1. The van der Waals surface area contributed by atoms with Crippen molar-refractivity contribution in [2.45, 2.75) is 30.2 Å². The largest absolute Gasteiger partial charge is 0.493 e. The van der Waals surface area contributed by atoms with E-state index in [1.165, 1.54) is 6.26 Å². The number of hydrogen-bond donors (Lipinski definition) is 0. The number of benzene rings is 1. The van der Waals surface area contributed by atoms with Gasteiger partial charge >= 0.3 is 0 Å². The van der Waals surface area contributed by atoms with Crippen LogP contribution in [0.15, 0.2) is 35.4 Å². The SMILES string of the molecule is COc1cc(CN2CCCC(c3ncccc3S(C)(=O)=O)C2)cc(OC)c1OC. The summed E-state index contributed by atoms with van der Waals surface area (Å²) >= 11 is 0. The molecule has 1 aliphatic rings. The Kier molecular flexibility index (Phi) is 6.64. The van der Waals surface area contributed by atoms with E-state index in [1.54, 1.807) is 39.7 Å². The molecule has 0 saturated carbocycles. The van der Waals surface area contributed by atoms with Crippen LogP contribution in [0.3, 0.4) is 0 Å². The number of pyridine rings is 1. The first-order valence-electron chi connectivity index (χ1n) is 9.53. The molecule has 3 rings (SSSR count). The van der Waals surface area contributed by atoms with Gasteiger partial charge in [0, 0.05) is 31.5 Å². The van der Waals surface area contributed by atoms with Gasteiger partial charge in [0.15, 0.2) is 21.3 Å². The van der Waals surface area contributed by atoms with E-state index in [9.17, 15) is 8.42 Å². The van der Waals surface area contributed by atoms with E-state index in [4.69, 9.17) is 14.2 Å².